The van der Waals surface area contributed by atoms with Crippen LogP contribution < -0.4 is 10.1 Å². The minimum Gasteiger partial charge on any atom is -0.493 e. The van der Waals surface area contributed by atoms with Gasteiger partial charge in [0.15, 0.2) is 11.6 Å². The standard InChI is InChI=1S/C12H17N5O/c1-4-5-10-11(13-2)14-8-15-12(10)17-7-9(18-3)6-16-17/h6-8H,4-5H2,1-3H3,(H,13,14,15). The van der Waals surface area contributed by atoms with Crippen LogP contribution in [0.3, 0.4) is 0 Å². The van der Waals surface area contributed by atoms with Gasteiger partial charge in [-0.05, 0) is 6.42 Å². The van der Waals surface area contributed by atoms with Gasteiger partial charge in [0, 0.05) is 12.6 Å². The summed E-state index contributed by atoms with van der Waals surface area (Å²) in [5, 5.41) is 7.34. The van der Waals surface area contributed by atoms with Crippen LogP contribution in [0.1, 0.15) is 18.9 Å². The Balaban J connectivity index is 2.48. The van der Waals surface area contributed by atoms with Crippen LogP contribution in [0.5, 0.6) is 5.75 Å². The number of nitrogens with zero attached hydrogens (tertiary/aromatic N) is 4. The van der Waals surface area contributed by atoms with Gasteiger partial charge in [-0.1, -0.05) is 13.3 Å². The number of hydrogen-bond donors (Lipinski definition) is 1. The third-order valence-corrected chi connectivity index (χ3v) is 2.67. The fraction of sp³-hybridized carbons (Fsp3) is 0.417. The summed E-state index contributed by atoms with van der Waals surface area (Å²) in [6.07, 6.45) is 6.92. The summed E-state index contributed by atoms with van der Waals surface area (Å²) in [7, 11) is 3.47. The van der Waals surface area contributed by atoms with Crippen molar-refractivity contribution < 1.29 is 4.74 Å². The molecule has 0 aliphatic carbocycles. The van der Waals surface area contributed by atoms with Crippen LogP contribution in [0.2, 0.25) is 0 Å². The van der Waals surface area contributed by atoms with Crippen LogP contribution in [0.25, 0.3) is 5.82 Å². The SMILES string of the molecule is CCCc1c(NC)ncnc1-n1cc(OC)cn1. The highest BCUT2D eigenvalue weighted by Crippen LogP contribution is 2.21. The van der Waals surface area contributed by atoms with Gasteiger partial charge in [-0.2, -0.15) is 5.10 Å². The van der Waals surface area contributed by atoms with Crippen molar-refractivity contribution in [3.05, 3.63) is 24.3 Å². The van der Waals surface area contributed by atoms with E-state index in [9.17, 15) is 0 Å². The summed E-state index contributed by atoms with van der Waals surface area (Å²) in [5.41, 5.74) is 1.06. The number of nitrogens with one attached hydrogen (secondary N) is 1. The summed E-state index contributed by atoms with van der Waals surface area (Å²) in [6, 6.07) is 0. The van der Waals surface area contributed by atoms with E-state index in [4.69, 9.17) is 4.74 Å². The van der Waals surface area contributed by atoms with Crippen LogP contribution >= 0.6 is 0 Å². The average Bonchev–Trinajstić information content (AvgIpc) is 2.88. The van der Waals surface area contributed by atoms with Gasteiger partial charge in [-0.25, -0.2) is 14.6 Å². The molecule has 0 amide bonds. The van der Waals surface area contributed by atoms with Gasteiger partial charge in [0.2, 0.25) is 0 Å². The average molecular weight is 247 g/mol. The molecular weight excluding hydrogens is 230 g/mol. The number of hydrogen-bond acceptors (Lipinski definition) is 5. The molecule has 2 heterocycles. The maximum Gasteiger partial charge on any atom is 0.162 e. The lowest BCUT2D eigenvalue weighted by Crippen LogP contribution is -2.08. The Morgan fingerprint density at radius 1 is 1.39 bits per heavy atom. The van der Waals surface area contributed by atoms with Crippen molar-refractivity contribution in [2.45, 2.75) is 19.8 Å². The lowest BCUT2D eigenvalue weighted by atomic mass is 10.1. The van der Waals surface area contributed by atoms with Crippen LogP contribution in [0, 0.1) is 0 Å². The molecule has 0 unspecified atom stereocenters. The van der Waals surface area contributed by atoms with Crippen molar-refractivity contribution in [2.75, 3.05) is 19.5 Å². The zero-order chi connectivity index (χ0) is 13.0. The normalized spacial score (nSPS) is 10.4. The Bertz CT molecular complexity index is 523. The molecule has 0 saturated heterocycles. The van der Waals surface area contributed by atoms with Gasteiger partial charge in [0.1, 0.15) is 12.1 Å². The van der Waals surface area contributed by atoms with E-state index in [1.54, 1.807) is 24.2 Å². The molecule has 18 heavy (non-hydrogen) atoms. The smallest absolute Gasteiger partial charge is 0.162 e. The van der Waals surface area contributed by atoms with Crippen molar-refractivity contribution in [1.82, 2.24) is 19.7 Å². The van der Waals surface area contributed by atoms with E-state index in [1.807, 2.05) is 7.05 Å². The van der Waals surface area contributed by atoms with E-state index in [0.29, 0.717) is 5.75 Å². The Hall–Kier alpha value is -2.11. The largest absolute Gasteiger partial charge is 0.493 e. The molecule has 2 aromatic rings. The molecule has 6 nitrogen and oxygen atoms in total. The maximum absolute atomic E-state index is 5.13. The van der Waals surface area contributed by atoms with E-state index in [0.717, 1.165) is 30.0 Å². The number of methoxy groups -OCH3 is 1. The molecule has 2 aromatic heterocycles. The molecule has 0 aliphatic heterocycles. The molecule has 0 fully saturated rings. The molecule has 6 heteroatoms. The maximum atomic E-state index is 5.13. The number of rotatable bonds is 5. The lowest BCUT2D eigenvalue weighted by molar-refractivity contribution is 0.414. The van der Waals surface area contributed by atoms with Crippen LogP contribution in [-0.4, -0.2) is 33.9 Å². The highest BCUT2D eigenvalue weighted by molar-refractivity contribution is 5.51. The van der Waals surface area contributed by atoms with Gasteiger partial charge in [0.05, 0.1) is 19.5 Å². The molecule has 0 bridgehead atoms. The molecule has 2 rings (SSSR count). The fourth-order valence-corrected chi connectivity index (χ4v) is 1.82. The molecule has 0 spiro atoms. The highest BCUT2D eigenvalue weighted by Gasteiger charge is 2.12. The number of ether oxygens (including phenoxy) is 1. The minimum absolute atomic E-state index is 0.710. The fourth-order valence-electron chi connectivity index (χ4n) is 1.82. The Labute approximate surface area is 106 Å². The predicted molar refractivity (Wildman–Crippen MR) is 69.2 cm³/mol. The van der Waals surface area contributed by atoms with Gasteiger partial charge in [-0.3, -0.25) is 0 Å². The van der Waals surface area contributed by atoms with Crippen molar-refractivity contribution in [3.63, 3.8) is 0 Å². The first-order valence-electron chi connectivity index (χ1n) is 5.90. The molecule has 0 aliphatic rings. The van der Waals surface area contributed by atoms with Crippen molar-refractivity contribution >= 4 is 5.82 Å². The number of anilines is 1. The van der Waals surface area contributed by atoms with Gasteiger partial charge >= 0.3 is 0 Å². The van der Waals surface area contributed by atoms with Gasteiger partial charge in [-0.15, -0.1) is 0 Å². The molecule has 1 N–H and O–H groups in total. The first-order valence-corrected chi connectivity index (χ1v) is 5.90. The van der Waals surface area contributed by atoms with Gasteiger partial charge in [0.25, 0.3) is 0 Å². The zero-order valence-corrected chi connectivity index (χ0v) is 10.8. The second kappa shape index (κ2) is 5.48. The molecule has 96 valence electrons. The quantitative estimate of drug-likeness (QED) is 0.870. The summed E-state index contributed by atoms with van der Waals surface area (Å²) in [5.74, 6) is 2.35. The molecule has 0 atom stereocenters. The van der Waals surface area contributed by atoms with Crippen molar-refractivity contribution in [2.24, 2.45) is 0 Å². The van der Waals surface area contributed by atoms with Crippen LogP contribution in [0.15, 0.2) is 18.7 Å². The molecule has 0 aromatic carbocycles. The number of aromatic nitrogens is 4. The zero-order valence-electron chi connectivity index (χ0n) is 10.8. The Morgan fingerprint density at radius 2 is 2.22 bits per heavy atom. The lowest BCUT2D eigenvalue weighted by Gasteiger charge is -2.11. The topological polar surface area (TPSA) is 64.9 Å². The third kappa shape index (κ3) is 2.27. The van der Waals surface area contributed by atoms with E-state index in [-0.39, 0.29) is 0 Å². The van der Waals surface area contributed by atoms with E-state index in [1.165, 1.54) is 6.33 Å². The third-order valence-electron chi connectivity index (χ3n) is 2.67. The van der Waals surface area contributed by atoms with Crippen molar-refractivity contribution in [1.29, 1.82) is 0 Å². The Morgan fingerprint density at radius 3 is 2.83 bits per heavy atom. The van der Waals surface area contributed by atoms with E-state index >= 15 is 0 Å². The first-order chi connectivity index (χ1) is 8.80. The van der Waals surface area contributed by atoms with Crippen LogP contribution in [-0.2, 0) is 6.42 Å². The second-order valence-electron chi connectivity index (χ2n) is 3.85. The summed E-state index contributed by atoms with van der Waals surface area (Å²) >= 11 is 0. The molecule has 0 saturated carbocycles. The monoisotopic (exact) mass is 247 g/mol. The van der Waals surface area contributed by atoms with E-state index < -0.39 is 0 Å². The first kappa shape index (κ1) is 12.3. The summed E-state index contributed by atoms with van der Waals surface area (Å²) in [6.45, 7) is 2.12. The summed E-state index contributed by atoms with van der Waals surface area (Å²) < 4.78 is 6.85. The predicted octanol–water partition coefficient (Wildman–Crippen LogP) is 1.67. The molecule has 0 radical (unpaired) electrons. The van der Waals surface area contributed by atoms with Crippen LogP contribution in [0.4, 0.5) is 5.82 Å². The highest BCUT2D eigenvalue weighted by atomic mass is 16.5. The molecular formula is C12H17N5O. The van der Waals surface area contributed by atoms with Gasteiger partial charge < -0.3 is 10.1 Å². The Kier molecular flexibility index (Phi) is 3.76. The summed E-state index contributed by atoms with van der Waals surface area (Å²) in [4.78, 5) is 8.55. The second-order valence-corrected chi connectivity index (χ2v) is 3.85. The van der Waals surface area contributed by atoms with E-state index in [2.05, 4.69) is 27.3 Å². The van der Waals surface area contributed by atoms with Crippen molar-refractivity contribution in [3.8, 4) is 11.6 Å². The minimum atomic E-state index is 0.710.